The number of likely N-dealkylation sites (tertiary alicyclic amines) is 1. The quantitative estimate of drug-likeness (QED) is 0.592. The van der Waals surface area contributed by atoms with Crippen LogP contribution in [0.3, 0.4) is 0 Å². The van der Waals surface area contributed by atoms with E-state index in [0.29, 0.717) is 11.6 Å². The summed E-state index contributed by atoms with van der Waals surface area (Å²) in [5, 5.41) is 5.86. The number of hydrogen-bond donors (Lipinski definition) is 1. The number of nitrogens with zero attached hydrogens (tertiary/aromatic N) is 3. The molecule has 5 nitrogen and oxygen atoms in total. The van der Waals surface area contributed by atoms with Crippen molar-refractivity contribution in [1.82, 2.24) is 15.2 Å². The van der Waals surface area contributed by atoms with E-state index >= 15 is 0 Å². The second-order valence-electron chi connectivity index (χ2n) is 9.25. The molecule has 0 spiro atoms. The highest BCUT2D eigenvalue weighted by Gasteiger charge is 2.24. The van der Waals surface area contributed by atoms with Crippen LogP contribution < -0.4 is 10.2 Å². The number of hydrogen-bond acceptors (Lipinski definition) is 5. The Morgan fingerprint density at radius 3 is 2.61 bits per heavy atom. The van der Waals surface area contributed by atoms with E-state index in [1.165, 1.54) is 75.8 Å². The first-order chi connectivity index (χ1) is 15.2. The van der Waals surface area contributed by atoms with E-state index in [0.717, 1.165) is 29.8 Å². The molecule has 1 N–H and O–H groups in total. The smallest absolute Gasteiger partial charge is 0.270 e. The lowest BCUT2D eigenvalue weighted by molar-refractivity contribution is 0.0922. The molecule has 0 bridgehead atoms. The fourth-order valence-electron chi connectivity index (χ4n) is 5.01. The third kappa shape index (κ3) is 6.30. The molecule has 31 heavy (non-hydrogen) atoms. The SMILES string of the molecule is CN(c1ccccc1)c1nc(C(=O)NC[C@@H]2CCCN(CC3CCCCCC3)C2)cs1. The Hall–Kier alpha value is -1.92. The van der Waals surface area contributed by atoms with Crippen LogP contribution >= 0.6 is 11.3 Å². The number of carbonyl (C=O) groups is 1. The Bertz CT molecular complexity index is 816. The molecule has 1 saturated heterocycles. The minimum atomic E-state index is -0.0511. The maximum Gasteiger partial charge on any atom is 0.270 e. The number of thiazole rings is 1. The number of nitrogens with one attached hydrogen (secondary N) is 1. The molecule has 2 fully saturated rings. The van der Waals surface area contributed by atoms with Gasteiger partial charge in [0.1, 0.15) is 5.69 Å². The summed E-state index contributed by atoms with van der Waals surface area (Å²) in [5.41, 5.74) is 1.59. The average molecular weight is 441 g/mol. The highest BCUT2D eigenvalue weighted by molar-refractivity contribution is 7.14. The van der Waals surface area contributed by atoms with Gasteiger partial charge in [-0.25, -0.2) is 4.98 Å². The Balaban J connectivity index is 1.25. The van der Waals surface area contributed by atoms with Crippen LogP contribution in [0.15, 0.2) is 35.7 Å². The molecule has 6 heteroatoms. The Labute approximate surface area is 190 Å². The molecule has 0 radical (unpaired) electrons. The molecule has 1 aliphatic heterocycles. The van der Waals surface area contributed by atoms with Gasteiger partial charge in [-0.2, -0.15) is 0 Å². The third-order valence-electron chi connectivity index (χ3n) is 6.80. The van der Waals surface area contributed by atoms with Crippen LogP contribution in [0.5, 0.6) is 0 Å². The van der Waals surface area contributed by atoms with Crippen molar-refractivity contribution in [3.8, 4) is 0 Å². The normalized spacial score (nSPS) is 20.9. The molecule has 1 aromatic carbocycles. The maximum atomic E-state index is 12.7. The monoisotopic (exact) mass is 440 g/mol. The number of amides is 1. The largest absolute Gasteiger partial charge is 0.350 e. The van der Waals surface area contributed by atoms with Crippen molar-refractivity contribution in [2.24, 2.45) is 11.8 Å². The van der Waals surface area contributed by atoms with Gasteiger partial charge in [0.25, 0.3) is 5.91 Å². The van der Waals surface area contributed by atoms with Gasteiger partial charge in [0.2, 0.25) is 0 Å². The van der Waals surface area contributed by atoms with Crippen molar-refractivity contribution >= 4 is 28.1 Å². The van der Waals surface area contributed by atoms with E-state index in [1.54, 1.807) is 0 Å². The maximum absolute atomic E-state index is 12.7. The van der Waals surface area contributed by atoms with Crippen LogP contribution in [0.1, 0.15) is 61.9 Å². The fraction of sp³-hybridized carbons (Fsp3) is 0.600. The van der Waals surface area contributed by atoms with Gasteiger partial charge in [0.05, 0.1) is 0 Å². The zero-order valence-electron chi connectivity index (χ0n) is 18.8. The molecule has 1 saturated carbocycles. The lowest BCUT2D eigenvalue weighted by Gasteiger charge is -2.35. The molecule has 168 valence electrons. The van der Waals surface area contributed by atoms with E-state index < -0.39 is 0 Å². The van der Waals surface area contributed by atoms with Gasteiger partial charge in [-0.3, -0.25) is 4.79 Å². The molecular formula is C25H36N4OS. The highest BCUT2D eigenvalue weighted by atomic mass is 32.1. The summed E-state index contributed by atoms with van der Waals surface area (Å²) in [6.45, 7) is 4.35. The Morgan fingerprint density at radius 1 is 1.10 bits per heavy atom. The first kappa shape index (κ1) is 22.3. The average Bonchev–Trinajstić information content (AvgIpc) is 3.17. The second kappa shape index (κ2) is 11.1. The number of carbonyl (C=O) groups excluding carboxylic acids is 1. The van der Waals surface area contributed by atoms with Crippen molar-refractivity contribution in [1.29, 1.82) is 0 Å². The molecule has 1 atom stereocenters. The van der Waals surface area contributed by atoms with Crippen molar-refractivity contribution < 1.29 is 4.79 Å². The van der Waals surface area contributed by atoms with Crippen molar-refractivity contribution in [2.75, 3.05) is 38.1 Å². The molecule has 1 aromatic heterocycles. The van der Waals surface area contributed by atoms with Gasteiger partial charge >= 0.3 is 0 Å². The number of aromatic nitrogens is 1. The van der Waals surface area contributed by atoms with E-state index in [-0.39, 0.29) is 5.91 Å². The molecule has 2 heterocycles. The van der Waals surface area contributed by atoms with E-state index in [4.69, 9.17) is 0 Å². The predicted molar refractivity (Wildman–Crippen MR) is 129 cm³/mol. The second-order valence-corrected chi connectivity index (χ2v) is 10.1. The van der Waals surface area contributed by atoms with Crippen LogP contribution in [0.4, 0.5) is 10.8 Å². The van der Waals surface area contributed by atoms with Gasteiger partial charge in [-0.05, 0) is 56.2 Å². The lowest BCUT2D eigenvalue weighted by atomic mass is 9.94. The number of benzene rings is 1. The molecule has 2 aliphatic rings. The van der Waals surface area contributed by atoms with E-state index in [1.807, 2.05) is 47.7 Å². The molecule has 0 unspecified atom stereocenters. The van der Waals surface area contributed by atoms with Crippen LogP contribution in [0.25, 0.3) is 0 Å². The fourth-order valence-corrected chi connectivity index (χ4v) is 5.80. The summed E-state index contributed by atoms with van der Waals surface area (Å²) in [7, 11) is 1.99. The summed E-state index contributed by atoms with van der Waals surface area (Å²) in [4.78, 5) is 22.0. The Morgan fingerprint density at radius 2 is 1.84 bits per heavy atom. The van der Waals surface area contributed by atoms with Crippen molar-refractivity contribution in [2.45, 2.75) is 51.4 Å². The minimum Gasteiger partial charge on any atom is -0.350 e. The number of anilines is 2. The van der Waals surface area contributed by atoms with Gasteiger partial charge in [0.15, 0.2) is 5.13 Å². The highest BCUT2D eigenvalue weighted by Crippen LogP contribution is 2.27. The van der Waals surface area contributed by atoms with Crippen LogP contribution in [-0.4, -0.2) is 49.0 Å². The van der Waals surface area contributed by atoms with Crippen LogP contribution in [0.2, 0.25) is 0 Å². The number of para-hydroxylation sites is 1. The summed E-state index contributed by atoms with van der Waals surface area (Å²) >= 11 is 1.51. The summed E-state index contributed by atoms with van der Waals surface area (Å²) in [5.74, 6) is 1.38. The predicted octanol–water partition coefficient (Wildman–Crippen LogP) is 5.32. The van der Waals surface area contributed by atoms with Gasteiger partial charge < -0.3 is 15.1 Å². The first-order valence-corrected chi connectivity index (χ1v) is 12.8. The van der Waals surface area contributed by atoms with Gasteiger partial charge in [0, 0.05) is 37.7 Å². The third-order valence-corrected chi connectivity index (χ3v) is 7.72. The zero-order chi connectivity index (χ0) is 21.5. The van der Waals surface area contributed by atoms with Crippen LogP contribution in [0, 0.1) is 11.8 Å². The lowest BCUT2D eigenvalue weighted by Crippen LogP contribution is -2.42. The molecule has 1 aliphatic carbocycles. The molecular weight excluding hydrogens is 404 g/mol. The summed E-state index contributed by atoms with van der Waals surface area (Å²) in [6.07, 6.45) is 10.9. The van der Waals surface area contributed by atoms with Crippen LogP contribution in [-0.2, 0) is 0 Å². The van der Waals surface area contributed by atoms with E-state index in [9.17, 15) is 4.79 Å². The topological polar surface area (TPSA) is 48.5 Å². The number of piperidine rings is 1. The summed E-state index contributed by atoms with van der Waals surface area (Å²) in [6, 6.07) is 10.1. The van der Waals surface area contributed by atoms with E-state index in [2.05, 4.69) is 15.2 Å². The van der Waals surface area contributed by atoms with Crippen molar-refractivity contribution in [3.05, 3.63) is 41.4 Å². The Kier molecular flexibility index (Phi) is 7.97. The van der Waals surface area contributed by atoms with Crippen molar-refractivity contribution in [3.63, 3.8) is 0 Å². The summed E-state index contributed by atoms with van der Waals surface area (Å²) < 4.78 is 0. The van der Waals surface area contributed by atoms with Gasteiger partial charge in [-0.1, -0.05) is 43.9 Å². The minimum absolute atomic E-state index is 0.0511. The molecule has 4 rings (SSSR count). The number of rotatable bonds is 7. The zero-order valence-corrected chi connectivity index (χ0v) is 19.6. The standard InChI is InChI=1S/C25H36N4OS/c1-28(22-13-7-4-8-14-22)25-27-23(19-31-25)24(30)26-16-21-12-9-15-29(18-21)17-20-10-5-2-3-6-11-20/h4,7-8,13-14,19-21H,2-3,5-6,9-12,15-18H2,1H3,(H,26,30)/t21-/m0/s1. The molecule has 1 amide bonds. The van der Waals surface area contributed by atoms with Gasteiger partial charge in [-0.15, -0.1) is 11.3 Å². The first-order valence-electron chi connectivity index (χ1n) is 11.9. The molecule has 2 aromatic rings.